The van der Waals surface area contributed by atoms with E-state index in [-0.39, 0.29) is 29.4 Å². The van der Waals surface area contributed by atoms with Gasteiger partial charge in [-0.2, -0.15) is 9.97 Å². The van der Waals surface area contributed by atoms with Crippen LogP contribution in [0, 0.1) is 5.92 Å². The van der Waals surface area contributed by atoms with Gasteiger partial charge in [-0.25, -0.2) is 13.8 Å². The Balaban J connectivity index is 1.23. The van der Waals surface area contributed by atoms with Gasteiger partial charge in [-0.15, -0.1) is 0 Å². The molecular weight excluding hydrogens is 524 g/mol. The van der Waals surface area contributed by atoms with Crippen LogP contribution >= 0.6 is 0 Å². The maximum atomic E-state index is 14.1. The number of aromatic nitrogens is 4. The molecule has 0 saturated carbocycles. The third-order valence-corrected chi connectivity index (χ3v) is 7.58. The number of rotatable bonds is 7. The lowest BCUT2D eigenvalue weighted by Crippen LogP contribution is -2.50. The molecule has 2 amide bonds. The predicted octanol–water partition coefficient (Wildman–Crippen LogP) is 2.49. The summed E-state index contributed by atoms with van der Waals surface area (Å²) < 4.78 is 41.1. The first kappa shape index (κ1) is 26.4. The molecule has 3 saturated heterocycles. The Hall–Kier alpha value is -3.87. The van der Waals surface area contributed by atoms with Gasteiger partial charge < -0.3 is 24.6 Å². The Labute approximate surface area is 229 Å². The highest BCUT2D eigenvalue weighted by atomic mass is 19.3. The fourth-order valence-corrected chi connectivity index (χ4v) is 5.51. The number of morpholine rings is 1. The second kappa shape index (κ2) is 11.3. The van der Waals surface area contributed by atoms with Crippen LogP contribution in [0.25, 0.3) is 16.9 Å². The molecule has 1 unspecified atom stereocenters. The molecule has 6 rings (SSSR count). The van der Waals surface area contributed by atoms with E-state index in [1.807, 2.05) is 4.90 Å². The lowest BCUT2D eigenvalue weighted by molar-refractivity contribution is -0.137. The van der Waals surface area contributed by atoms with Crippen LogP contribution in [0.3, 0.4) is 0 Å². The Morgan fingerprint density at radius 3 is 2.75 bits per heavy atom. The number of carbonyl (C=O) groups is 2. The summed E-state index contributed by atoms with van der Waals surface area (Å²) in [4.78, 5) is 41.8. The number of imidazole rings is 1. The van der Waals surface area contributed by atoms with Crippen LogP contribution in [0.15, 0.2) is 30.3 Å². The standard InChI is InChI=1S/C27H31F2N7O4/c28-24(29)25-31-18-4-1-2-6-20(18)36(25)21-14-23(33-27(32-21)34-10-12-39-13-11-34)40-16-17-8-9-35(15-17)26(38)19-5-3-7-22(37)30-19/h1-2,4,6,14,17,19,24H,3,5,7-13,15-16H2,(H,30,37)/t17-,19?/m0/s1. The summed E-state index contributed by atoms with van der Waals surface area (Å²) in [5, 5.41) is 2.79. The summed E-state index contributed by atoms with van der Waals surface area (Å²) in [5.74, 6) is 0.393. The molecule has 3 aromatic rings. The third kappa shape index (κ3) is 5.42. The molecule has 2 aromatic heterocycles. The van der Waals surface area contributed by atoms with Crippen molar-refractivity contribution >= 4 is 28.8 Å². The molecular formula is C27H31F2N7O4. The molecule has 13 heteroatoms. The number of amides is 2. The van der Waals surface area contributed by atoms with Gasteiger partial charge in [-0.05, 0) is 31.4 Å². The topological polar surface area (TPSA) is 115 Å². The minimum atomic E-state index is -2.81. The van der Waals surface area contributed by atoms with E-state index in [1.54, 1.807) is 35.2 Å². The second-order valence-corrected chi connectivity index (χ2v) is 10.3. The van der Waals surface area contributed by atoms with Gasteiger partial charge in [-0.3, -0.25) is 14.2 Å². The number of anilines is 1. The average Bonchev–Trinajstić information content (AvgIpc) is 3.61. The number of nitrogens with one attached hydrogen (secondary N) is 1. The van der Waals surface area contributed by atoms with Gasteiger partial charge >= 0.3 is 0 Å². The molecule has 3 aliphatic heterocycles. The highest BCUT2D eigenvalue weighted by Gasteiger charge is 2.33. The van der Waals surface area contributed by atoms with Gasteiger partial charge in [0, 0.05) is 44.6 Å². The molecule has 212 valence electrons. The zero-order valence-corrected chi connectivity index (χ0v) is 22.0. The summed E-state index contributed by atoms with van der Waals surface area (Å²) in [6.45, 7) is 3.54. The van der Waals surface area contributed by atoms with Crippen LogP contribution in [0.1, 0.15) is 37.9 Å². The number of fused-ring (bicyclic) bond motifs is 1. The van der Waals surface area contributed by atoms with E-state index in [0.29, 0.717) is 82.2 Å². The van der Waals surface area contributed by atoms with Crippen molar-refractivity contribution in [2.45, 2.75) is 38.2 Å². The monoisotopic (exact) mass is 555 g/mol. The van der Waals surface area contributed by atoms with Crippen LogP contribution in [-0.2, 0) is 14.3 Å². The zero-order chi connectivity index (χ0) is 27.6. The van der Waals surface area contributed by atoms with E-state index in [9.17, 15) is 18.4 Å². The van der Waals surface area contributed by atoms with Crippen molar-refractivity contribution in [1.82, 2.24) is 29.7 Å². The molecule has 0 radical (unpaired) electrons. The van der Waals surface area contributed by atoms with Gasteiger partial charge in [0.25, 0.3) is 6.43 Å². The van der Waals surface area contributed by atoms with Gasteiger partial charge in [0.1, 0.15) is 11.9 Å². The van der Waals surface area contributed by atoms with Crippen LogP contribution < -0.4 is 15.0 Å². The largest absolute Gasteiger partial charge is 0.477 e. The number of likely N-dealkylation sites (tertiary alicyclic amines) is 1. The smallest absolute Gasteiger partial charge is 0.296 e. The fourth-order valence-electron chi connectivity index (χ4n) is 5.51. The highest BCUT2D eigenvalue weighted by Crippen LogP contribution is 2.30. The minimum absolute atomic E-state index is 0.0546. The number of benzene rings is 1. The van der Waals surface area contributed by atoms with E-state index in [2.05, 4.69) is 20.3 Å². The molecule has 5 heterocycles. The van der Waals surface area contributed by atoms with Gasteiger partial charge in [0.05, 0.1) is 30.9 Å². The number of carbonyl (C=O) groups excluding carboxylic acids is 2. The Kier molecular flexibility index (Phi) is 7.46. The first-order chi connectivity index (χ1) is 19.5. The first-order valence-electron chi connectivity index (χ1n) is 13.6. The fraction of sp³-hybridized carbons (Fsp3) is 0.519. The first-order valence-corrected chi connectivity index (χ1v) is 13.6. The molecule has 0 aliphatic carbocycles. The van der Waals surface area contributed by atoms with Crippen molar-refractivity contribution in [3.63, 3.8) is 0 Å². The number of piperidine rings is 1. The SMILES string of the molecule is O=C1CCCC(C(=O)N2CC[C@H](COc3cc(-n4c(C(F)F)nc5ccccc54)nc(N4CCOCC4)n3)C2)N1. The third-order valence-electron chi connectivity index (χ3n) is 7.58. The van der Waals surface area contributed by atoms with Crippen molar-refractivity contribution in [3.8, 4) is 11.7 Å². The Morgan fingerprint density at radius 2 is 1.95 bits per heavy atom. The van der Waals surface area contributed by atoms with E-state index in [4.69, 9.17) is 9.47 Å². The number of ether oxygens (including phenoxy) is 2. The molecule has 3 fully saturated rings. The maximum Gasteiger partial charge on any atom is 0.296 e. The number of halogens is 2. The summed E-state index contributed by atoms with van der Waals surface area (Å²) in [7, 11) is 0. The molecule has 40 heavy (non-hydrogen) atoms. The van der Waals surface area contributed by atoms with Gasteiger partial charge in [0.2, 0.25) is 23.6 Å². The Morgan fingerprint density at radius 1 is 1.12 bits per heavy atom. The van der Waals surface area contributed by atoms with Crippen molar-refractivity contribution in [2.24, 2.45) is 5.92 Å². The van der Waals surface area contributed by atoms with E-state index in [1.165, 1.54) is 4.57 Å². The van der Waals surface area contributed by atoms with Crippen LogP contribution in [0.4, 0.5) is 14.7 Å². The number of alkyl halides is 2. The molecule has 11 nitrogen and oxygen atoms in total. The number of nitrogens with zero attached hydrogens (tertiary/aromatic N) is 6. The molecule has 3 aliphatic rings. The van der Waals surface area contributed by atoms with Gasteiger partial charge in [0.15, 0.2) is 5.82 Å². The average molecular weight is 556 g/mol. The Bertz CT molecular complexity index is 1390. The summed E-state index contributed by atoms with van der Waals surface area (Å²) in [5.41, 5.74) is 0.951. The minimum Gasteiger partial charge on any atom is -0.477 e. The lowest BCUT2D eigenvalue weighted by atomic mass is 10.0. The molecule has 1 aromatic carbocycles. The lowest BCUT2D eigenvalue weighted by Gasteiger charge is -2.27. The summed E-state index contributed by atoms with van der Waals surface area (Å²) in [6, 6.07) is 8.02. The van der Waals surface area contributed by atoms with E-state index < -0.39 is 18.3 Å². The maximum absolute atomic E-state index is 14.1. The van der Waals surface area contributed by atoms with E-state index in [0.717, 1.165) is 6.42 Å². The number of para-hydroxylation sites is 2. The van der Waals surface area contributed by atoms with Crippen LogP contribution in [0.2, 0.25) is 0 Å². The molecule has 0 spiro atoms. The number of hydrogen-bond acceptors (Lipinski definition) is 8. The van der Waals surface area contributed by atoms with Crippen molar-refractivity contribution in [1.29, 1.82) is 0 Å². The van der Waals surface area contributed by atoms with Gasteiger partial charge in [-0.1, -0.05) is 12.1 Å². The van der Waals surface area contributed by atoms with Crippen LogP contribution in [-0.4, -0.2) is 88.3 Å². The molecule has 0 bridgehead atoms. The molecule has 1 N–H and O–H groups in total. The quantitative estimate of drug-likeness (QED) is 0.473. The summed E-state index contributed by atoms with van der Waals surface area (Å²) in [6.07, 6.45) is -0.234. The highest BCUT2D eigenvalue weighted by molar-refractivity contribution is 5.88. The number of hydrogen-bond donors (Lipinski definition) is 1. The van der Waals surface area contributed by atoms with Crippen LogP contribution in [0.5, 0.6) is 5.88 Å². The normalized spacial score (nSPS) is 21.7. The predicted molar refractivity (Wildman–Crippen MR) is 141 cm³/mol. The van der Waals surface area contributed by atoms with Crippen molar-refractivity contribution in [3.05, 3.63) is 36.2 Å². The summed E-state index contributed by atoms with van der Waals surface area (Å²) >= 11 is 0. The molecule has 2 atom stereocenters. The van der Waals surface area contributed by atoms with E-state index >= 15 is 0 Å². The zero-order valence-electron chi connectivity index (χ0n) is 22.0. The van der Waals surface area contributed by atoms with Crippen molar-refractivity contribution < 1.29 is 27.8 Å². The second-order valence-electron chi connectivity index (χ2n) is 10.3. The van der Waals surface area contributed by atoms with Crippen molar-refractivity contribution in [2.75, 3.05) is 50.9 Å².